The summed E-state index contributed by atoms with van der Waals surface area (Å²) in [5.41, 5.74) is 3.21. The van der Waals surface area contributed by atoms with Gasteiger partial charge in [-0.15, -0.1) is 0 Å². The molecule has 0 aliphatic heterocycles. The van der Waals surface area contributed by atoms with E-state index < -0.39 is 0 Å². The molecule has 3 heteroatoms. The van der Waals surface area contributed by atoms with Crippen molar-refractivity contribution in [1.82, 2.24) is 0 Å². The molecule has 3 aromatic rings. The Hall–Kier alpha value is -3.07. The van der Waals surface area contributed by atoms with Gasteiger partial charge in [0.15, 0.2) is 11.5 Å². The van der Waals surface area contributed by atoms with Crippen LogP contribution in [0.5, 0.6) is 11.5 Å². The smallest absolute Gasteiger partial charge is 0.161 e. The van der Waals surface area contributed by atoms with Crippen LogP contribution in [0.3, 0.4) is 0 Å². The Morgan fingerprint density at radius 2 is 1.33 bits per heavy atom. The number of ketones is 1. The number of hydrogen-bond acceptors (Lipinski definition) is 3. The number of benzene rings is 3. The lowest BCUT2D eigenvalue weighted by molar-refractivity contribution is -0.125. The number of Topliss-reactive ketones (excluding diaryl/α,β-unsaturated/α-hetero) is 1. The molecule has 0 radical (unpaired) electrons. The van der Waals surface area contributed by atoms with Gasteiger partial charge in [-0.25, -0.2) is 0 Å². The molecule has 0 saturated heterocycles. The van der Waals surface area contributed by atoms with Crippen LogP contribution in [0.25, 0.3) is 0 Å². The third-order valence-electron chi connectivity index (χ3n) is 4.91. The molecular formula is C24H22O3. The Morgan fingerprint density at radius 1 is 0.741 bits per heavy atom. The van der Waals surface area contributed by atoms with Crippen LogP contribution in [0.2, 0.25) is 0 Å². The van der Waals surface area contributed by atoms with Gasteiger partial charge >= 0.3 is 0 Å². The van der Waals surface area contributed by atoms with E-state index in [-0.39, 0.29) is 5.92 Å². The van der Waals surface area contributed by atoms with E-state index in [1.165, 1.54) is 0 Å². The van der Waals surface area contributed by atoms with Crippen molar-refractivity contribution in [3.8, 4) is 11.5 Å². The molecule has 0 aromatic heterocycles. The molecule has 3 nitrogen and oxygen atoms in total. The third kappa shape index (κ3) is 4.20. The first-order valence-electron chi connectivity index (χ1n) is 9.30. The van der Waals surface area contributed by atoms with Gasteiger partial charge in [-0.05, 0) is 35.2 Å². The minimum atomic E-state index is 0.00671. The Kier molecular flexibility index (Phi) is 5.20. The summed E-state index contributed by atoms with van der Waals surface area (Å²) in [6.07, 6.45) is 1.60. The van der Waals surface area contributed by atoms with Crippen LogP contribution < -0.4 is 9.47 Å². The van der Waals surface area contributed by atoms with Crippen molar-refractivity contribution in [2.24, 2.45) is 0 Å². The second-order valence-corrected chi connectivity index (χ2v) is 6.81. The highest BCUT2D eigenvalue weighted by Crippen LogP contribution is 2.38. The quantitative estimate of drug-likeness (QED) is 0.575. The van der Waals surface area contributed by atoms with Crippen LogP contribution in [0, 0.1) is 0 Å². The van der Waals surface area contributed by atoms with Crippen molar-refractivity contribution in [3.05, 3.63) is 95.6 Å². The summed E-state index contributed by atoms with van der Waals surface area (Å²) < 4.78 is 12.1. The first kappa shape index (κ1) is 17.3. The molecule has 1 aliphatic carbocycles. The van der Waals surface area contributed by atoms with E-state index in [4.69, 9.17) is 9.47 Å². The summed E-state index contributed by atoms with van der Waals surface area (Å²) in [6, 6.07) is 26.0. The first-order chi connectivity index (χ1) is 13.3. The number of ether oxygens (including phenoxy) is 2. The van der Waals surface area contributed by atoms with Crippen LogP contribution in [0.4, 0.5) is 0 Å². The molecule has 0 spiro atoms. The predicted molar refractivity (Wildman–Crippen MR) is 105 cm³/mol. The second kappa shape index (κ2) is 8.09. The van der Waals surface area contributed by atoms with Crippen LogP contribution in [-0.2, 0) is 18.0 Å². The molecule has 1 unspecified atom stereocenters. The van der Waals surface area contributed by atoms with E-state index >= 15 is 0 Å². The van der Waals surface area contributed by atoms with E-state index in [2.05, 4.69) is 0 Å². The third-order valence-corrected chi connectivity index (χ3v) is 4.91. The highest BCUT2D eigenvalue weighted by molar-refractivity contribution is 5.91. The highest BCUT2D eigenvalue weighted by Gasteiger charge is 2.30. The van der Waals surface area contributed by atoms with Gasteiger partial charge in [0, 0.05) is 12.3 Å². The van der Waals surface area contributed by atoms with Gasteiger partial charge in [-0.1, -0.05) is 66.7 Å². The number of carbonyl (C=O) groups excluding carboxylic acids is 1. The van der Waals surface area contributed by atoms with E-state index in [1.807, 2.05) is 78.9 Å². The normalized spacial score (nSPS) is 15.9. The van der Waals surface area contributed by atoms with Gasteiger partial charge in [0.2, 0.25) is 0 Å². The lowest BCUT2D eigenvalue weighted by atomic mass is 9.78. The van der Waals surface area contributed by atoms with Crippen molar-refractivity contribution in [2.75, 3.05) is 0 Å². The van der Waals surface area contributed by atoms with Gasteiger partial charge < -0.3 is 9.47 Å². The van der Waals surface area contributed by atoms with Gasteiger partial charge in [0.1, 0.15) is 19.0 Å². The lowest BCUT2D eigenvalue weighted by Crippen LogP contribution is -2.23. The number of carbonyl (C=O) groups is 1. The van der Waals surface area contributed by atoms with Crippen LogP contribution in [0.15, 0.2) is 78.9 Å². The molecule has 0 N–H and O–H groups in total. The Balaban J connectivity index is 1.53. The summed E-state index contributed by atoms with van der Waals surface area (Å²) >= 11 is 0. The zero-order chi connectivity index (χ0) is 18.5. The molecule has 0 heterocycles. The molecule has 3 aromatic carbocycles. The summed E-state index contributed by atoms with van der Waals surface area (Å²) in [4.78, 5) is 11.8. The summed E-state index contributed by atoms with van der Waals surface area (Å²) in [7, 11) is 0. The zero-order valence-electron chi connectivity index (χ0n) is 15.1. The lowest BCUT2D eigenvalue weighted by Gasteiger charge is -2.25. The summed E-state index contributed by atoms with van der Waals surface area (Å²) in [5.74, 6) is 1.70. The minimum Gasteiger partial charge on any atom is -0.485 e. The van der Waals surface area contributed by atoms with Gasteiger partial charge in [0.05, 0.1) is 0 Å². The maximum absolute atomic E-state index is 11.8. The molecule has 136 valence electrons. The van der Waals surface area contributed by atoms with E-state index in [9.17, 15) is 4.79 Å². The average molecular weight is 358 g/mol. The fourth-order valence-electron chi connectivity index (χ4n) is 3.20. The van der Waals surface area contributed by atoms with Gasteiger partial charge in [0.25, 0.3) is 0 Å². The van der Waals surface area contributed by atoms with Crippen molar-refractivity contribution in [2.45, 2.75) is 32.0 Å². The Labute approximate surface area is 159 Å². The Bertz CT molecular complexity index is 903. The van der Waals surface area contributed by atoms with E-state index in [0.29, 0.717) is 36.9 Å². The fourth-order valence-corrected chi connectivity index (χ4v) is 3.20. The van der Waals surface area contributed by atoms with Crippen LogP contribution >= 0.6 is 0 Å². The van der Waals surface area contributed by atoms with Crippen molar-refractivity contribution >= 4 is 5.78 Å². The maximum Gasteiger partial charge on any atom is 0.161 e. The minimum absolute atomic E-state index is 0.00671. The molecular weight excluding hydrogens is 336 g/mol. The molecule has 1 fully saturated rings. The zero-order valence-corrected chi connectivity index (χ0v) is 15.1. The molecule has 4 rings (SSSR count). The molecule has 0 amide bonds. The highest BCUT2D eigenvalue weighted by atomic mass is 16.5. The molecule has 0 bridgehead atoms. The van der Waals surface area contributed by atoms with E-state index in [0.717, 1.165) is 23.1 Å². The SMILES string of the molecule is O=C1CCC1c1ccc(OCc2ccccc2)c(OCc2ccccc2)c1. The summed E-state index contributed by atoms with van der Waals surface area (Å²) in [5, 5.41) is 0. The predicted octanol–water partition coefficient (Wildman–Crippen LogP) is 5.29. The molecule has 1 aliphatic rings. The second-order valence-electron chi connectivity index (χ2n) is 6.81. The van der Waals surface area contributed by atoms with E-state index in [1.54, 1.807) is 0 Å². The monoisotopic (exact) mass is 358 g/mol. The first-order valence-corrected chi connectivity index (χ1v) is 9.30. The van der Waals surface area contributed by atoms with Gasteiger partial charge in [-0.2, -0.15) is 0 Å². The number of rotatable bonds is 7. The van der Waals surface area contributed by atoms with Crippen molar-refractivity contribution in [3.63, 3.8) is 0 Å². The fraction of sp³-hybridized carbons (Fsp3) is 0.208. The van der Waals surface area contributed by atoms with Crippen LogP contribution in [-0.4, -0.2) is 5.78 Å². The molecule has 1 atom stereocenters. The van der Waals surface area contributed by atoms with Crippen LogP contribution in [0.1, 0.15) is 35.4 Å². The van der Waals surface area contributed by atoms with Crippen molar-refractivity contribution in [1.29, 1.82) is 0 Å². The summed E-state index contributed by atoms with van der Waals surface area (Å²) in [6.45, 7) is 0.939. The average Bonchev–Trinajstić information content (AvgIpc) is 2.72. The maximum atomic E-state index is 11.8. The van der Waals surface area contributed by atoms with Crippen molar-refractivity contribution < 1.29 is 14.3 Å². The van der Waals surface area contributed by atoms with Gasteiger partial charge in [-0.3, -0.25) is 4.79 Å². The number of hydrogen-bond donors (Lipinski definition) is 0. The topological polar surface area (TPSA) is 35.5 Å². The Morgan fingerprint density at radius 3 is 1.85 bits per heavy atom. The molecule has 1 saturated carbocycles. The standard InChI is InChI=1S/C24H22O3/c25-22-13-12-21(22)20-11-14-23(26-16-18-7-3-1-4-8-18)24(15-20)27-17-19-9-5-2-6-10-19/h1-11,14-15,21H,12-13,16-17H2. The largest absolute Gasteiger partial charge is 0.485 e. The molecule has 27 heavy (non-hydrogen) atoms.